The van der Waals surface area contributed by atoms with Gasteiger partial charge in [0.15, 0.2) is 11.4 Å². The Balaban J connectivity index is 2.84. The summed E-state index contributed by atoms with van der Waals surface area (Å²) in [5.41, 5.74) is 0.375. The van der Waals surface area contributed by atoms with E-state index in [-0.39, 0.29) is 11.8 Å². The molecule has 3 nitrogen and oxygen atoms in total. The second-order valence-corrected chi connectivity index (χ2v) is 3.90. The minimum atomic E-state index is -0.884. The Labute approximate surface area is 84.1 Å². The molecule has 14 heavy (non-hydrogen) atoms. The lowest BCUT2D eigenvalue weighted by atomic mass is 9.83. The number of Topliss-reactive ketones (excluding diaryl/α,β-unsaturated/α-hetero) is 1. The van der Waals surface area contributed by atoms with Gasteiger partial charge in [-0.2, -0.15) is 0 Å². The number of rotatable bonds is 2. The van der Waals surface area contributed by atoms with Crippen LogP contribution in [0.3, 0.4) is 0 Å². The van der Waals surface area contributed by atoms with Crippen LogP contribution in [0.2, 0.25) is 0 Å². The fourth-order valence-corrected chi connectivity index (χ4v) is 1.70. The Morgan fingerprint density at radius 1 is 1.43 bits per heavy atom. The average Bonchev–Trinajstić information content (AvgIpc) is 2.08. The molecule has 1 unspecified atom stereocenters. The van der Waals surface area contributed by atoms with Crippen molar-refractivity contribution in [3.05, 3.63) is 11.6 Å². The van der Waals surface area contributed by atoms with E-state index >= 15 is 0 Å². The monoisotopic (exact) mass is 196 g/mol. The average molecular weight is 196 g/mol. The Hall–Kier alpha value is -1.12. The van der Waals surface area contributed by atoms with Crippen LogP contribution in [-0.4, -0.2) is 17.4 Å². The van der Waals surface area contributed by atoms with Crippen LogP contribution in [0, 0.1) is 0 Å². The summed E-state index contributed by atoms with van der Waals surface area (Å²) in [6.45, 7) is 4.85. The molecule has 0 aromatic heterocycles. The number of allylic oxidation sites excluding steroid dienone is 1. The summed E-state index contributed by atoms with van der Waals surface area (Å²) in [5.74, 6) is -0.440. The van der Waals surface area contributed by atoms with E-state index in [4.69, 9.17) is 4.74 Å². The highest BCUT2D eigenvalue weighted by Gasteiger charge is 2.39. The number of esters is 1. The standard InChI is InChI=1S/C11H16O3/c1-8-4-6-11(7-5-8,9(2)12)14-10(3)13/h4H,5-7H2,1-3H3. The number of hydrogen-bond acceptors (Lipinski definition) is 3. The maximum absolute atomic E-state index is 11.5. The van der Waals surface area contributed by atoms with Crippen molar-refractivity contribution < 1.29 is 14.3 Å². The smallest absolute Gasteiger partial charge is 0.303 e. The highest BCUT2D eigenvalue weighted by molar-refractivity contribution is 5.87. The van der Waals surface area contributed by atoms with Crippen molar-refractivity contribution in [3.63, 3.8) is 0 Å². The number of ketones is 1. The van der Waals surface area contributed by atoms with Crippen molar-refractivity contribution in [2.24, 2.45) is 0 Å². The van der Waals surface area contributed by atoms with Gasteiger partial charge in [-0.15, -0.1) is 0 Å². The van der Waals surface area contributed by atoms with Gasteiger partial charge in [0, 0.05) is 13.3 Å². The van der Waals surface area contributed by atoms with Crippen LogP contribution in [0.4, 0.5) is 0 Å². The molecule has 0 radical (unpaired) electrons. The number of carbonyl (C=O) groups excluding carboxylic acids is 2. The van der Waals surface area contributed by atoms with E-state index < -0.39 is 5.60 Å². The van der Waals surface area contributed by atoms with Crippen LogP contribution < -0.4 is 0 Å². The molecular weight excluding hydrogens is 180 g/mol. The fourth-order valence-electron chi connectivity index (χ4n) is 1.70. The fraction of sp³-hybridized carbons (Fsp3) is 0.636. The predicted octanol–water partition coefficient (Wildman–Crippen LogP) is 2.01. The van der Waals surface area contributed by atoms with Crippen molar-refractivity contribution in [1.29, 1.82) is 0 Å². The lowest BCUT2D eigenvalue weighted by molar-refractivity contribution is -0.165. The molecule has 0 bridgehead atoms. The molecule has 0 saturated heterocycles. The molecular formula is C11H16O3. The third kappa shape index (κ3) is 2.22. The molecule has 0 amide bonds. The van der Waals surface area contributed by atoms with Gasteiger partial charge in [0.1, 0.15) is 0 Å². The second-order valence-electron chi connectivity index (χ2n) is 3.90. The maximum atomic E-state index is 11.5. The molecule has 0 saturated carbocycles. The SMILES string of the molecule is CC(=O)OC1(C(C)=O)CC=C(C)CC1. The summed E-state index contributed by atoms with van der Waals surface area (Å²) in [6, 6.07) is 0. The van der Waals surface area contributed by atoms with Crippen LogP contribution >= 0.6 is 0 Å². The Kier molecular flexibility index (Phi) is 3.09. The van der Waals surface area contributed by atoms with Crippen molar-refractivity contribution in [2.45, 2.75) is 45.6 Å². The summed E-state index contributed by atoms with van der Waals surface area (Å²) < 4.78 is 5.16. The van der Waals surface area contributed by atoms with Gasteiger partial charge in [0.05, 0.1) is 0 Å². The third-order valence-electron chi connectivity index (χ3n) is 2.68. The lowest BCUT2D eigenvalue weighted by Gasteiger charge is -2.32. The first-order chi connectivity index (χ1) is 6.46. The Morgan fingerprint density at radius 3 is 2.43 bits per heavy atom. The summed E-state index contributed by atoms with van der Waals surface area (Å²) in [6.07, 6.45) is 3.94. The zero-order chi connectivity index (χ0) is 10.8. The molecule has 0 aliphatic heterocycles. The van der Waals surface area contributed by atoms with E-state index in [2.05, 4.69) is 0 Å². The zero-order valence-corrected chi connectivity index (χ0v) is 8.92. The molecule has 0 aromatic rings. The van der Waals surface area contributed by atoms with Crippen LogP contribution in [0.15, 0.2) is 11.6 Å². The predicted molar refractivity (Wildman–Crippen MR) is 52.8 cm³/mol. The van der Waals surface area contributed by atoms with Crippen molar-refractivity contribution >= 4 is 11.8 Å². The normalized spacial score (nSPS) is 26.6. The highest BCUT2D eigenvalue weighted by atomic mass is 16.6. The third-order valence-corrected chi connectivity index (χ3v) is 2.68. The lowest BCUT2D eigenvalue weighted by Crippen LogP contribution is -2.42. The molecule has 3 heteroatoms. The quantitative estimate of drug-likeness (QED) is 0.501. The van der Waals surface area contributed by atoms with Crippen LogP contribution in [0.1, 0.15) is 40.0 Å². The summed E-state index contributed by atoms with van der Waals surface area (Å²) in [7, 11) is 0. The van der Waals surface area contributed by atoms with E-state index in [0.29, 0.717) is 12.8 Å². The minimum Gasteiger partial charge on any atom is -0.451 e. The van der Waals surface area contributed by atoms with Crippen molar-refractivity contribution in [1.82, 2.24) is 0 Å². The van der Waals surface area contributed by atoms with Gasteiger partial charge < -0.3 is 4.74 Å². The second kappa shape index (κ2) is 3.95. The van der Waals surface area contributed by atoms with Gasteiger partial charge in [-0.3, -0.25) is 9.59 Å². The van der Waals surface area contributed by atoms with Crippen LogP contribution in [0.5, 0.6) is 0 Å². The molecule has 0 heterocycles. The van der Waals surface area contributed by atoms with Crippen LogP contribution in [-0.2, 0) is 14.3 Å². The van der Waals surface area contributed by atoms with Crippen LogP contribution in [0.25, 0.3) is 0 Å². The molecule has 0 aromatic carbocycles. The van der Waals surface area contributed by atoms with E-state index in [1.54, 1.807) is 0 Å². The van der Waals surface area contributed by atoms with Gasteiger partial charge in [0.2, 0.25) is 0 Å². The molecule has 1 aliphatic carbocycles. The molecule has 1 atom stereocenters. The molecule has 0 fully saturated rings. The first-order valence-electron chi connectivity index (χ1n) is 4.82. The minimum absolute atomic E-state index is 0.0588. The molecule has 1 aliphatic rings. The number of ether oxygens (including phenoxy) is 1. The molecule has 78 valence electrons. The Bertz CT molecular complexity index is 291. The van der Waals surface area contributed by atoms with Gasteiger partial charge in [-0.1, -0.05) is 11.6 Å². The largest absolute Gasteiger partial charge is 0.451 e. The van der Waals surface area contributed by atoms with Gasteiger partial charge >= 0.3 is 5.97 Å². The first kappa shape index (κ1) is 11.0. The van der Waals surface area contributed by atoms with E-state index in [9.17, 15) is 9.59 Å². The highest BCUT2D eigenvalue weighted by Crippen LogP contribution is 2.31. The number of hydrogen-bond donors (Lipinski definition) is 0. The van der Waals surface area contributed by atoms with E-state index in [0.717, 1.165) is 6.42 Å². The summed E-state index contributed by atoms with van der Waals surface area (Å²) >= 11 is 0. The Morgan fingerprint density at radius 2 is 2.07 bits per heavy atom. The summed E-state index contributed by atoms with van der Waals surface area (Å²) in [5, 5.41) is 0. The van der Waals surface area contributed by atoms with Gasteiger partial charge in [-0.25, -0.2) is 0 Å². The number of carbonyl (C=O) groups is 2. The van der Waals surface area contributed by atoms with E-state index in [1.165, 1.54) is 19.4 Å². The maximum Gasteiger partial charge on any atom is 0.303 e. The molecule has 0 spiro atoms. The first-order valence-corrected chi connectivity index (χ1v) is 4.82. The zero-order valence-electron chi connectivity index (χ0n) is 8.92. The van der Waals surface area contributed by atoms with Crippen molar-refractivity contribution in [3.8, 4) is 0 Å². The topological polar surface area (TPSA) is 43.4 Å². The van der Waals surface area contributed by atoms with Gasteiger partial charge in [0.25, 0.3) is 0 Å². The molecule has 1 rings (SSSR count). The van der Waals surface area contributed by atoms with Gasteiger partial charge in [-0.05, 0) is 26.7 Å². The van der Waals surface area contributed by atoms with E-state index in [1.807, 2.05) is 13.0 Å². The summed E-state index contributed by atoms with van der Waals surface area (Å²) in [4.78, 5) is 22.4. The van der Waals surface area contributed by atoms with Crippen molar-refractivity contribution in [2.75, 3.05) is 0 Å². The molecule has 0 N–H and O–H groups in total.